The topological polar surface area (TPSA) is 57.7 Å². The summed E-state index contributed by atoms with van der Waals surface area (Å²) in [7, 11) is -2.11. The number of hydrogen-bond acceptors (Lipinski definition) is 3. The minimum atomic E-state index is -3.67. The van der Waals surface area contributed by atoms with Crippen LogP contribution >= 0.6 is 0 Å². The summed E-state index contributed by atoms with van der Waals surface area (Å²) in [6, 6.07) is 15.8. The van der Waals surface area contributed by atoms with Gasteiger partial charge in [-0.2, -0.15) is 4.31 Å². The van der Waals surface area contributed by atoms with Crippen molar-refractivity contribution in [2.45, 2.75) is 31.2 Å². The van der Waals surface area contributed by atoms with E-state index in [1.54, 1.807) is 25.2 Å². The monoisotopic (exact) mass is 386 g/mol. The second-order valence-electron chi connectivity index (χ2n) is 7.25. The fourth-order valence-electron chi connectivity index (χ4n) is 3.29. The summed E-state index contributed by atoms with van der Waals surface area (Å²) in [5, 5.41) is 0. The molecule has 0 radical (unpaired) electrons. The summed E-state index contributed by atoms with van der Waals surface area (Å²) in [6.45, 7) is 3.93. The Balaban J connectivity index is 1.78. The molecule has 0 unspecified atom stereocenters. The molecule has 1 amide bonds. The first-order valence-corrected chi connectivity index (χ1v) is 10.7. The van der Waals surface area contributed by atoms with Crippen molar-refractivity contribution in [2.24, 2.45) is 5.92 Å². The van der Waals surface area contributed by atoms with Crippen LogP contribution in [-0.4, -0.2) is 43.7 Å². The Kier molecular flexibility index (Phi) is 5.97. The average Bonchev–Trinajstić information content (AvgIpc) is 2.69. The second-order valence-corrected chi connectivity index (χ2v) is 9.29. The van der Waals surface area contributed by atoms with Gasteiger partial charge in [0, 0.05) is 32.2 Å². The van der Waals surface area contributed by atoms with Gasteiger partial charge in [-0.3, -0.25) is 4.79 Å². The molecule has 1 aliphatic rings. The Labute approximate surface area is 161 Å². The summed E-state index contributed by atoms with van der Waals surface area (Å²) < 4.78 is 27.2. The molecule has 144 valence electrons. The largest absolute Gasteiger partial charge is 0.339 e. The second kappa shape index (κ2) is 8.23. The lowest BCUT2D eigenvalue weighted by molar-refractivity contribution is 0.0697. The first-order chi connectivity index (χ1) is 12.9. The predicted molar refractivity (Wildman–Crippen MR) is 106 cm³/mol. The molecule has 2 aromatic rings. The number of sulfonamides is 1. The third kappa shape index (κ3) is 4.57. The van der Waals surface area contributed by atoms with Crippen LogP contribution in [0.15, 0.2) is 59.5 Å². The van der Waals surface area contributed by atoms with Gasteiger partial charge in [-0.05, 0) is 42.5 Å². The van der Waals surface area contributed by atoms with E-state index in [2.05, 4.69) is 6.92 Å². The highest BCUT2D eigenvalue weighted by molar-refractivity contribution is 7.89. The minimum Gasteiger partial charge on any atom is -0.339 e. The maximum absolute atomic E-state index is 12.9. The quantitative estimate of drug-likeness (QED) is 0.792. The van der Waals surface area contributed by atoms with Crippen molar-refractivity contribution < 1.29 is 13.2 Å². The fraction of sp³-hybridized carbons (Fsp3) is 0.381. The van der Waals surface area contributed by atoms with Gasteiger partial charge >= 0.3 is 0 Å². The SMILES string of the molecule is CC1CCN(C(=O)c2cccc(S(=O)(=O)N(C)Cc3ccccc3)c2)CC1. The third-order valence-electron chi connectivity index (χ3n) is 5.11. The Hall–Kier alpha value is -2.18. The summed E-state index contributed by atoms with van der Waals surface area (Å²) in [4.78, 5) is 14.7. The van der Waals surface area contributed by atoms with E-state index in [9.17, 15) is 13.2 Å². The fourth-order valence-corrected chi connectivity index (χ4v) is 4.49. The maximum atomic E-state index is 12.9. The molecule has 0 atom stereocenters. The van der Waals surface area contributed by atoms with Gasteiger partial charge in [0.15, 0.2) is 0 Å². The van der Waals surface area contributed by atoms with Crippen LogP contribution in [0.5, 0.6) is 0 Å². The van der Waals surface area contributed by atoms with Crippen molar-refractivity contribution in [1.29, 1.82) is 0 Å². The molecule has 5 nitrogen and oxygen atoms in total. The van der Waals surface area contributed by atoms with Crippen LogP contribution in [0.25, 0.3) is 0 Å². The molecule has 1 saturated heterocycles. The van der Waals surface area contributed by atoms with Crippen LogP contribution in [0.1, 0.15) is 35.7 Å². The van der Waals surface area contributed by atoms with Crippen LogP contribution in [-0.2, 0) is 16.6 Å². The van der Waals surface area contributed by atoms with Gasteiger partial charge in [-0.25, -0.2) is 8.42 Å². The van der Waals surface area contributed by atoms with Crippen LogP contribution in [0.3, 0.4) is 0 Å². The lowest BCUT2D eigenvalue weighted by atomic mass is 9.98. The van der Waals surface area contributed by atoms with Crippen LogP contribution in [0.4, 0.5) is 0 Å². The van der Waals surface area contributed by atoms with Gasteiger partial charge in [-0.1, -0.05) is 43.3 Å². The van der Waals surface area contributed by atoms with Crippen LogP contribution in [0.2, 0.25) is 0 Å². The van der Waals surface area contributed by atoms with E-state index >= 15 is 0 Å². The molecular formula is C21H26N2O3S. The standard InChI is InChI=1S/C21H26N2O3S/c1-17-11-13-23(14-12-17)21(24)19-9-6-10-20(15-19)27(25,26)22(2)16-18-7-4-3-5-8-18/h3-10,15,17H,11-14,16H2,1-2H3. The van der Waals surface area contributed by atoms with E-state index in [0.717, 1.165) is 31.5 Å². The van der Waals surface area contributed by atoms with Crippen LogP contribution in [0, 0.1) is 5.92 Å². The van der Waals surface area contributed by atoms with Gasteiger partial charge in [0.05, 0.1) is 4.90 Å². The molecule has 3 rings (SSSR count). The van der Waals surface area contributed by atoms with Gasteiger partial charge in [0.25, 0.3) is 5.91 Å². The van der Waals surface area contributed by atoms with Gasteiger partial charge in [-0.15, -0.1) is 0 Å². The number of likely N-dealkylation sites (tertiary alicyclic amines) is 1. The van der Waals surface area contributed by atoms with E-state index < -0.39 is 10.0 Å². The lowest BCUT2D eigenvalue weighted by Gasteiger charge is -2.30. The number of carbonyl (C=O) groups excluding carboxylic acids is 1. The molecule has 0 bridgehead atoms. The van der Waals surface area contributed by atoms with E-state index in [1.165, 1.54) is 10.4 Å². The number of hydrogen-bond donors (Lipinski definition) is 0. The Morgan fingerprint density at radius 3 is 2.41 bits per heavy atom. The molecule has 0 N–H and O–H groups in total. The molecule has 0 aromatic heterocycles. The van der Waals surface area contributed by atoms with Crippen molar-refractivity contribution in [2.75, 3.05) is 20.1 Å². The highest BCUT2D eigenvalue weighted by Crippen LogP contribution is 2.21. The number of piperidine rings is 1. The first-order valence-electron chi connectivity index (χ1n) is 9.27. The van der Waals surface area contributed by atoms with Crippen molar-refractivity contribution in [3.63, 3.8) is 0 Å². The molecule has 0 aliphatic carbocycles. The molecule has 1 heterocycles. The number of carbonyl (C=O) groups is 1. The van der Waals surface area contributed by atoms with Crippen molar-refractivity contribution in [1.82, 2.24) is 9.21 Å². The van der Waals surface area contributed by atoms with Crippen molar-refractivity contribution in [3.8, 4) is 0 Å². The smallest absolute Gasteiger partial charge is 0.253 e. The van der Waals surface area contributed by atoms with Gasteiger partial charge < -0.3 is 4.90 Å². The molecule has 0 spiro atoms. The molecule has 27 heavy (non-hydrogen) atoms. The maximum Gasteiger partial charge on any atom is 0.253 e. The molecular weight excluding hydrogens is 360 g/mol. The minimum absolute atomic E-state index is 0.0929. The zero-order chi connectivity index (χ0) is 19.4. The first kappa shape index (κ1) is 19.6. The normalized spacial score (nSPS) is 15.9. The van der Waals surface area contributed by atoms with E-state index in [1.807, 2.05) is 35.2 Å². The van der Waals surface area contributed by atoms with Crippen molar-refractivity contribution >= 4 is 15.9 Å². The van der Waals surface area contributed by atoms with E-state index in [-0.39, 0.29) is 17.3 Å². The van der Waals surface area contributed by atoms with Gasteiger partial charge in [0.1, 0.15) is 0 Å². The summed E-state index contributed by atoms with van der Waals surface area (Å²) in [6.07, 6.45) is 1.98. The highest BCUT2D eigenvalue weighted by Gasteiger charge is 2.25. The molecule has 2 aromatic carbocycles. The third-order valence-corrected chi connectivity index (χ3v) is 6.91. The van der Waals surface area contributed by atoms with E-state index in [0.29, 0.717) is 11.5 Å². The lowest BCUT2D eigenvalue weighted by Crippen LogP contribution is -2.38. The molecule has 0 saturated carbocycles. The average molecular weight is 387 g/mol. The Morgan fingerprint density at radius 1 is 1.07 bits per heavy atom. The predicted octanol–water partition coefficient (Wildman–Crippen LogP) is 3.38. The molecule has 6 heteroatoms. The van der Waals surface area contributed by atoms with E-state index in [4.69, 9.17) is 0 Å². The number of amides is 1. The Morgan fingerprint density at radius 2 is 1.74 bits per heavy atom. The summed E-state index contributed by atoms with van der Waals surface area (Å²) in [5.74, 6) is 0.539. The number of nitrogens with zero attached hydrogens (tertiary/aromatic N) is 2. The Bertz CT molecular complexity index is 889. The molecule has 1 aliphatic heterocycles. The van der Waals surface area contributed by atoms with Gasteiger partial charge in [0.2, 0.25) is 10.0 Å². The zero-order valence-corrected chi connectivity index (χ0v) is 16.7. The summed E-state index contributed by atoms with van der Waals surface area (Å²) in [5.41, 5.74) is 1.34. The summed E-state index contributed by atoms with van der Waals surface area (Å²) >= 11 is 0. The number of rotatable bonds is 5. The highest BCUT2D eigenvalue weighted by atomic mass is 32.2. The van der Waals surface area contributed by atoms with Crippen molar-refractivity contribution in [3.05, 3.63) is 65.7 Å². The molecule has 1 fully saturated rings. The zero-order valence-electron chi connectivity index (χ0n) is 15.8. The van der Waals surface area contributed by atoms with Crippen LogP contribution < -0.4 is 0 Å². The number of benzene rings is 2.